The van der Waals surface area contributed by atoms with Crippen LogP contribution in [0.15, 0.2) is 30.3 Å². The van der Waals surface area contributed by atoms with Gasteiger partial charge in [-0.05, 0) is 30.7 Å². The first-order valence-corrected chi connectivity index (χ1v) is 6.57. The van der Waals surface area contributed by atoms with E-state index >= 15 is 0 Å². The zero-order valence-electron chi connectivity index (χ0n) is 10.5. The first kappa shape index (κ1) is 12.2. The standard InChI is InChI=1S/C15H16O4/c16-13(17)11-7-6-10-12(14(18)19)15(10,11)8-9-4-2-1-3-5-9/h1-5,10-12H,6-8H2,(H,16,17)(H,18,19). The van der Waals surface area contributed by atoms with E-state index in [9.17, 15) is 19.8 Å². The van der Waals surface area contributed by atoms with Crippen LogP contribution in [0.1, 0.15) is 18.4 Å². The summed E-state index contributed by atoms with van der Waals surface area (Å²) in [6.45, 7) is 0. The largest absolute Gasteiger partial charge is 0.481 e. The molecule has 0 saturated heterocycles. The number of carboxylic acid groups (broad SMARTS) is 2. The maximum absolute atomic E-state index is 11.4. The van der Waals surface area contributed by atoms with E-state index in [-0.39, 0.29) is 5.92 Å². The second-order valence-electron chi connectivity index (χ2n) is 5.67. The first-order valence-electron chi connectivity index (χ1n) is 6.57. The van der Waals surface area contributed by atoms with Crippen molar-refractivity contribution in [2.24, 2.45) is 23.2 Å². The molecule has 2 saturated carbocycles. The number of rotatable bonds is 4. The molecule has 19 heavy (non-hydrogen) atoms. The highest BCUT2D eigenvalue weighted by molar-refractivity contribution is 5.81. The summed E-state index contributed by atoms with van der Waals surface area (Å²) in [7, 11) is 0. The summed E-state index contributed by atoms with van der Waals surface area (Å²) >= 11 is 0. The number of carbonyl (C=O) groups is 2. The molecule has 2 aliphatic carbocycles. The summed E-state index contributed by atoms with van der Waals surface area (Å²) < 4.78 is 0. The Morgan fingerprint density at radius 2 is 1.79 bits per heavy atom. The van der Waals surface area contributed by atoms with E-state index in [1.165, 1.54) is 0 Å². The quantitative estimate of drug-likeness (QED) is 0.868. The number of aliphatic carboxylic acids is 2. The molecule has 3 rings (SSSR count). The van der Waals surface area contributed by atoms with Crippen LogP contribution >= 0.6 is 0 Å². The highest BCUT2D eigenvalue weighted by atomic mass is 16.4. The number of carboxylic acids is 2. The molecule has 2 N–H and O–H groups in total. The smallest absolute Gasteiger partial charge is 0.307 e. The molecule has 0 bridgehead atoms. The van der Waals surface area contributed by atoms with E-state index in [1.807, 2.05) is 30.3 Å². The first-order chi connectivity index (χ1) is 9.07. The van der Waals surface area contributed by atoms with Gasteiger partial charge in [0, 0.05) is 5.41 Å². The monoisotopic (exact) mass is 260 g/mol. The maximum atomic E-state index is 11.4. The molecular formula is C15H16O4. The minimum absolute atomic E-state index is 0.0336. The van der Waals surface area contributed by atoms with Gasteiger partial charge < -0.3 is 10.2 Å². The van der Waals surface area contributed by atoms with Crippen molar-refractivity contribution in [2.45, 2.75) is 19.3 Å². The van der Waals surface area contributed by atoms with Crippen LogP contribution in [-0.2, 0) is 16.0 Å². The van der Waals surface area contributed by atoms with Crippen LogP contribution in [0.25, 0.3) is 0 Å². The SMILES string of the molecule is O=C(O)C1CCC2C(C(=O)O)C12Cc1ccccc1. The van der Waals surface area contributed by atoms with E-state index in [0.29, 0.717) is 12.8 Å². The molecule has 4 unspecified atom stereocenters. The highest BCUT2D eigenvalue weighted by Crippen LogP contribution is 2.72. The number of fused-ring (bicyclic) bond motifs is 1. The van der Waals surface area contributed by atoms with Crippen molar-refractivity contribution >= 4 is 11.9 Å². The third-order valence-corrected chi connectivity index (χ3v) is 4.90. The third-order valence-electron chi connectivity index (χ3n) is 4.90. The summed E-state index contributed by atoms with van der Waals surface area (Å²) in [5.41, 5.74) is 0.475. The molecular weight excluding hydrogens is 244 g/mol. The van der Waals surface area contributed by atoms with Crippen molar-refractivity contribution in [3.8, 4) is 0 Å². The van der Waals surface area contributed by atoms with Crippen LogP contribution in [0.3, 0.4) is 0 Å². The van der Waals surface area contributed by atoms with E-state index < -0.39 is 29.2 Å². The van der Waals surface area contributed by atoms with E-state index in [4.69, 9.17) is 0 Å². The van der Waals surface area contributed by atoms with Crippen LogP contribution < -0.4 is 0 Å². The number of benzene rings is 1. The molecule has 4 atom stereocenters. The lowest BCUT2D eigenvalue weighted by atomic mass is 9.82. The Balaban J connectivity index is 1.93. The summed E-state index contributed by atoms with van der Waals surface area (Å²) in [5.74, 6) is -2.65. The average molecular weight is 260 g/mol. The Hall–Kier alpha value is -1.84. The minimum Gasteiger partial charge on any atom is -0.481 e. The molecule has 0 radical (unpaired) electrons. The van der Waals surface area contributed by atoms with Gasteiger partial charge in [-0.2, -0.15) is 0 Å². The normalized spacial score (nSPS) is 35.7. The molecule has 1 aromatic carbocycles. The molecule has 1 aromatic rings. The van der Waals surface area contributed by atoms with Crippen LogP contribution in [0.4, 0.5) is 0 Å². The Labute approximate surface area is 111 Å². The van der Waals surface area contributed by atoms with Crippen LogP contribution in [-0.4, -0.2) is 22.2 Å². The molecule has 0 spiro atoms. The second kappa shape index (κ2) is 4.08. The molecule has 100 valence electrons. The van der Waals surface area contributed by atoms with Gasteiger partial charge in [-0.1, -0.05) is 30.3 Å². The van der Waals surface area contributed by atoms with Gasteiger partial charge in [0.2, 0.25) is 0 Å². The van der Waals surface area contributed by atoms with Crippen molar-refractivity contribution in [1.29, 1.82) is 0 Å². The van der Waals surface area contributed by atoms with Gasteiger partial charge in [0.15, 0.2) is 0 Å². The van der Waals surface area contributed by atoms with E-state index in [0.717, 1.165) is 12.0 Å². The molecule has 0 aliphatic heterocycles. The molecule has 4 nitrogen and oxygen atoms in total. The fraction of sp³-hybridized carbons (Fsp3) is 0.467. The lowest BCUT2D eigenvalue weighted by Crippen LogP contribution is -2.28. The predicted molar refractivity (Wildman–Crippen MR) is 67.6 cm³/mol. The molecule has 2 aliphatic rings. The maximum Gasteiger partial charge on any atom is 0.307 e. The topological polar surface area (TPSA) is 74.6 Å². The summed E-state index contributed by atoms with van der Waals surface area (Å²) in [6.07, 6.45) is 1.89. The molecule has 0 amide bonds. The summed E-state index contributed by atoms with van der Waals surface area (Å²) in [4.78, 5) is 22.8. The van der Waals surface area contributed by atoms with Gasteiger partial charge in [-0.25, -0.2) is 0 Å². The molecule has 4 heteroatoms. The van der Waals surface area contributed by atoms with E-state index in [1.54, 1.807) is 0 Å². The zero-order valence-corrected chi connectivity index (χ0v) is 10.5. The van der Waals surface area contributed by atoms with Crippen LogP contribution in [0, 0.1) is 23.2 Å². The van der Waals surface area contributed by atoms with Gasteiger partial charge in [0.1, 0.15) is 0 Å². The summed E-state index contributed by atoms with van der Waals surface area (Å²) in [5, 5.41) is 18.7. The lowest BCUT2D eigenvalue weighted by Gasteiger charge is -2.21. The molecule has 0 heterocycles. The van der Waals surface area contributed by atoms with Crippen LogP contribution in [0.5, 0.6) is 0 Å². The van der Waals surface area contributed by atoms with Gasteiger partial charge in [-0.3, -0.25) is 9.59 Å². The lowest BCUT2D eigenvalue weighted by molar-refractivity contribution is -0.146. The van der Waals surface area contributed by atoms with Crippen molar-refractivity contribution in [1.82, 2.24) is 0 Å². The van der Waals surface area contributed by atoms with Gasteiger partial charge in [-0.15, -0.1) is 0 Å². The van der Waals surface area contributed by atoms with Crippen LogP contribution in [0.2, 0.25) is 0 Å². The van der Waals surface area contributed by atoms with E-state index in [2.05, 4.69) is 0 Å². The Bertz CT molecular complexity index is 524. The van der Waals surface area contributed by atoms with Gasteiger partial charge >= 0.3 is 11.9 Å². The fourth-order valence-electron chi connectivity index (χ4n) is 4.14. The third kappa shape index (κ3) is 1.66. The van der Waals surface area contributed by atoms with Crippen molar-refractivity contribution in [2.75, 3.05) is 0 Å². The average Bonchev–Trinajstić information content (AvgIpc) is 2.84. The Morgan fingerprint density at radius 1 is 1.11 bits per heavy atom. The van der Waals surface area contributed by atoms with Crippen molar-refractivity contribution in [3.05, 3.63) is 35.9 Å². The second-order valence-corrected chi connectivity index (χ2v) is 5.67. The predicted octanol–water partition coefficient (Wildman–Crippen LogP) is 2.04. The summed E-state index contributed by atoms with van der Waals surface area (Å²) in [6, 6.07) is 9.61. The van der Waals surface area contributed by atoms with Crippen molar-refractivity contribution < 1.29 is 19.8 Å². The number of hydrogen-bond acceptors (Lipinski definition) is 2. The Morgan fingerprint density at radius 3 is 2.32 bits per heavy atom. The molecule has 0 aromatic heterocycles. The fourth-order valence-corrected chi connectivity index (χ4v) is 4.14. The van der Waals surface area contributed by atoms with Gasteiger partial charge in [0.25, 0.3) is 0 Å². The van der Waals surface area contributed by atoms with Crippen molar-refractivity contribution in [3.63, 3.8) is 0 Å². The highest BCUT2D eigenvalue weighted by Gasteiger charge is 2.75. The number of hydrogen-bond donors (Lipinski definition) is 2. The Kier molecular flexibility index (Phi) is 2.62. The van der Waals surface area contributed by atoms with Gasteiger partial charge in [0.05, 0.1) is 11.8 Å². The minimum atomic E-state index is -0.845. The molecule has 2 fully saturated rings. The zero-order chi connectivity index (χ0) is 13.6.